The fraction of sp³-hybridized carbons (Fsp3) is 0.200. The van der Waals surface area contributed by atoms with Gasteiger partial charge in [-0.15, -0.1) is 0 Å². The number of aryl methyl sites for hydroxylation is 2. The summed E-state index contributed by atoms with van der Waals surface area (Å²) in [4.78, 5) is 30.0. The molecule has 5 aromatic rings. The molecule has 0 aliphatic carbocycles. The van der Waals surface area contributed by atoms with Gasteiger partial charge in [-0.1, -0.05) is 30.7 Å². The highest BCUT2D eigenvalue weighted by Crippen LogP contribution is 2.31. The minimum atomic E-state index is -0.333. The van der Waals surface area contributed by atoms with E-state index in [1.54, 1.807) is 6.20 Å². The maximum Gasteiger partial charge on any atom is 0.271 e. The first-order valence-electron chi connectivity index (χ1n) is 10.9. The predicted octanol–water partition coefficient (Wildman–Crippen LogP) is 3.53. The van der Waals surface area contributed by atoms with Gasteiger partial charge >= 0.3 is 0 Å². The van der Waals surface area contributed by atoms with Gasteiger partial charge < -0.3 is 15.4 Å². The minimum absolute atomic E-state index is 0.125. The quantitative estimate of drug-likeness (QED) is 0.374. The Morgan fingerprint density at radius 3 is 2.76 bits per heavy atom. The number of amides is 1. The molecule has 0 fully saturated rings. The highest BCUT2D eigenvalue weighted by Gasteiger charge is 2.17. The fourth-order valence-electron chi connectivity index (χ4n) is 3.91. The summed E-state index contributed by atoms with van der Waals surface area (Å²) in [5.41, 5.74) is 6.28. The topological polar surface area (TPSA) is 108 Å². The third kappa shape index (κ3) is 3.85. The van der Waals surface area contributed by atoms with Crippen molar-refractivity contribution in [2.45, 2.75) is 20.3 Å². The Hall–Kier alpha value is -4.04. The Morgan fingerprint density at radius 2 is 1.97 bits per heavy atom. The molecule has 0 unspecified atom stereocenters. The van der Waals surface area contributed by atoms with Crippen LogP contribution in [0.4, 0.5) is 0 Å². The number of hydrogen-bond acceptors (Lipinski definition) is 5. The second-order valence-corrected chi connectivity index (χ2v) is 7.91. The molecule has 166 valence electrons. The van der Waals surface area contributed by atoms with E-state index in [2.05, 4.69) is 47.3 Å². The molecule has 0 radical (unpaired) electrons. The molecule has 5 rings (SSSR count). The van der Waals surface area contributed by atoms with Gasteiger partial charge in [0.1, 0.15) is 22.8 Å². The number of pyridine rings is 2. The van der Waals surface area contributed by atoms with Gasteiger partial charge in [0.15, 0.2) is 0 Å². The normalized spacial score (nSPS) is 11.4. The van der Waals surface area contributed by atoms with Gasteiger partial charge in [0.05, 0.1) is 23.7 Å². The van der Waals surface area contributed by atoms with Crippen LogP contribution >= 0.6 is 0 Å². The van der Waals surface area contributed by atoms with E-state index in [-0.39, 0.29) is 24.8 Å². The lowest BCUT2D eigenvalue weighted by Crippen LogP contribution is -2.26. The van der Waals surface area contributed by atoms with Crippen LogP contribution in [0.5, 0.6) is 0 Å². The number of carbonyl (C=O) groups excluding carboxylic acids is 1. The minimum Gasteiger partial charge on any atom is -0.395 e. The highest BCUT2D eigenvalue weighted by atomic mass is 16.3. The first kappa shape index (κ1) is 20.8. The van der Waals surface area contributed by atoms with Crippen LogP contribution < -0.4 is 5.32 Å². The van der Waals surface area contributed by atoms with Crippen LogP contribution in [-0.4, -0.2) is 48.5 Å². The van der Waals surface area contributed by atoms with Crippen LogP contribution in [-0.2, 0) is 6.42 Å². The lowest BCUT2D eigenvalue weighted by molar-refractivity contribution is 0.0940. The van der Waals surface area contributed by atoms with Gasteiger partial charge in [0.2, 0.25) is 0 Å². The van der Waals surface area contributed by atoms with Crippen LogP contribution in [0.1, 0.15) is 28.8 Å². The summed E-state index contributed by atoms with van der Waals surface area (Å²) in [5.74, 6) is 0.562. The van der Waals surface area contributed by atoms with Crippen LogP contribution in [0.3, 0.4) is 0 Å². The lowest BCUT2D eigenvalue weighted by atomic mass is 10.1. The molecule has 0 spiro atoms. The molecule has 8 heteroatoms. The number of aliphatic hydroxyl groups is 1. The zero-order valence-electron chi connectivity index (χ0n) is 18.5. The zero-order valence-corrected chi connectivity index (χ0v) is 18.5. The van der Waals surface area contributed by atoms with Crippen LogP contribution in [0.15, 0.2) is 54.7 Å². The number of aliphatic hydroxyl groups excluding tert-OH is 1. The van der Waals surface area contributed by atoms with Crippen LogP contribution in [0.25, 0.3) is 39.3 Å². The van der Waals surface area contributed by atoms with Crippen molar-refractivity contribution in [3.8, 4) is 22.6 Å². The molecule has 4 heterocycles. The number of nitrogens with one attached hydrogen (secondary N) is 2. The van der Waals surface area contributed by atoms with Crippen molar-refractivity contribution in [2.24, 2.45) is 0 Å². The molecule has 0 aliphatic rings. The van der Waals surface area contributed by atoms with Crippen molar-refractivity contribution in [1.82, 2.24) is 29.7 Å². The summed E-state index contributed by atoms with van der Waals surface area (Å²) >= 11 is 0. The number of imidazole rings is 2. The number of rotatable bonds is 6. The molecular weight excluding hydrogens is 416 g/mol. The standard InChI is InChI=1S/C25H24N6O2/c1-3-20-29-22(17-6-4-5-15(2)13-17)23(30-20)18-9-7-16-8-10-21-27-19(25(33)26-11-12-32)14-31(21)24(16)28-18/h4-10,13-14,32H,3,11-12H2,1-2H3,(H,26,33)(H,29,30). The Morgan fingerprint density at radius 1 is 1.12 bits per heavy atom. The molecule has 3 N–H and O–H groups in total. The Bertz CT molecular complexity index is 1480. The molecule has 8 nitrogen and oxygen atoms in total. The summed E-state index contributed by atoms with van der Waals surface area (Å²) in [6, 6.07) is 16.0. The summed E-state index contributed by atoms with van der Waals surface area (Å²) in [6.07, 6.45) is 2.46. The van der Waals surface area contributed by atoms with Gasteiger partial charge in [0.25, 0.3) is 5.91 Å². The molecule has 0 aliphatic heterocycles. The van der Waals surface area contributed by atoms with E-state index in [0.717, 1.165) is 45.8 Å². The maximum absolute atomic E-state index is 12.3. The summed E-state index contributed by atoms with van der Waals surface area (Å²) in [7, 11) is 0. The lowest BCUT2D eigenvalue weighted by Gasteiger charge is -2.06. The van der Waals surface area contributed by atoms with E-state index < -0.39 is 0 Å². The summed E-state index contributed by atoms with van der Waals surface area (Å²) < 4.78 is 1.82. The van der Waals surface area contributed by atoms with Crippen molar-refractivity contribution in [2.75, 3.05) is 13.2 Å². The van der Waals surface area contributed by atoms with Gasteiger partial charge in [-0.2, -0.15) is 0 Å². The molecule has 1 aromatic carbocycles. The van der Waals surface area contributed by atoms with Gasteiger partial charge in [-0.25, -0.2) is 15.0 Å². The van der Waals surface area contributed by atoms with E-state index in [0.29, 0.717) is 11.3 Å². The number of H-pyrrole nitrogens is 1. The number of aromatic amines is 1. The van der Waals surface area contributed by atoms with Crippen LogP contribution in [0.2, 0.25) is 0 Å². The van der Waals surface area contributed by atoms with E-state index in [9.17, 15) is 4.79 Å². The van der Waals surface area contributed by atoms with Crippen molar-refractivity contribution in [1.29, 1.82) is 0 Å². The molecule has 0 atom stereocenters. The van der Waals surface area contributed by atoms with Crippen molar-refractivity contribution in [3.05, 3.63) is 71.8 Å². The predicted molar refractivity (Wildman–Crippen MR) is 127 cm³/mol. The average Bonchev–Trinajstić information content (AvgIpc) is 3.47. The number of aromatic nitrogens is 5. The van der Waals surface area contributed by atoms with Crippen molar-refractivity contribution < 1.29 is 9.90 Å². The smallest absolute Gasteiger partial charge is 0.271 e. The Balaban J connectivity index is 1.65. The number of carbonyl (C=O) groups is 1. The largest absolute Gasteiger partial charge is 0.395 e. The molecular formula is C25H24N6O2. The number of benzene rings is 1. The first-order chi connectivity index (χ1) is 16.1. The zero-order chi connectivity index (χ0) is 22.9. The number of nitrogens with zero attached hydrogens (tertiary/aromatic N) is 4. The molecule has 0 saturated heterocycles. The maximum atomic E-state index is 12.3. The van der Waals surface area contributed by atoms with E-state index >= 15 is 0 Å². The first-order valence-corrected chi connectivity index (χ1v) is 10.9. The third-order valence-corrected chi connectivity index (χ3v) is 5.54. The summed E-state index contributed by atoms with van der Waals surface area (Å²) in [5, 5.41) is 12.5. The van der Waals surface area contributed by atoms with Gasteiger partial charge in [-0.05, 0) is 37.3 Å². The van der Waals surface area contributed by atoms with Gasteiger partial charge in [-0.3, -0.25) is 9.20 Å². The molecule has 4 aromatic heterocycles. The van der Waals surface area contributed by atoms with Crippen molar-refractivity contribution in [3.63, 3.8) is 0 Å². The molecule has 1 amide bonds. The Kier molecular flexibility index (Phi) is 5.35. The number of fused-ring (bicyclic) bond motifs is 3. The van der Waals surface area contributed by atoms with Crippen LogP contribution in [0, 0.1) is 6.92 Å². The molecule has 33 heavy (non-hydrogen) atoms. The number of hydrogen-bond donors (Lipinski definition) is 3. The van der Waals surface area contributed by atoms with E-state index in [4.69, 9.17) is 15.1 Å². The summed E-state index contributed by atoms with van der Waals surface area (Å²) in [6.45, 7) is 4.18. The third-order valence-electron chi connectivity index (χ3n) is 5.54. The Labute approximate surface area is 190 Å². The SMILES string of the molecule is CCc1nc(-c2cccc(C)c2)c(-c2ccc3ccc4nc(C(=O)NCCO)cn4c3n2)[nH]1. The molecule has 0 saturated carbocycles. The average molecular weight is 441 g/mol. The highest BCUT2D eigenvalue weighted by molar-refractivity contribution is 5.93. The van der Waals surface area contributed by atoms with Gasteiger partial charge in [0, 0.05) is 30.1 Å². The second-order valence-electron chi connectivity index (χ2n) is 7.91. The van der Waals surface area contributed by atoms with E-state index in [1.807, 2.05) is 34.7 Å². The van der Waals surface area contributed by atoms with Crippen molar-refractivity contribution >= 4 is 22.6 Å². The second kappa shape index (κ2) is 8.48. The monoisotopic (exact) mass is 440 g/mol. The fourth-order valence-corrected chi connectivity index (χ4v) is 3.91. The molecule has 0 bridgehead atoms. The van der Waals surface area contributed by atoms with E-state index in [1.165, 1.54) is 0 Å².